The second-order valence-electron chi connectivity index (χ2n) is 6.91. The zero-order chi connectivity index (χ0) is 17.6. The molecule has 0 spiro atoms. The van der Waals surface area contributed by atoms with Crippen LogP contribution in [0, 0.1) is 5.41 Å². The van der Waals surface area contributed by atoms with Crippen LogP contribution < -0.4 is 4.74 Å². The van der Waals surface area contributed by atoms with E-state index in [-0.39, 0.29) is 24.0 Å². The minimum atomic E-state index is 0.00669. The summed E-state index contributed by atoms with van der Waals surface area (Å²) in [6.45, 7) is 7.76. The van der Waals surface area contributed by atoms with Crippen molar-refractivity contribution < 1.29 is 14.6 Å². The molecule has 0 bridgehead atoms. The Kier molecular flexibility index (Phi) is 6.44. The minimum absolute atomic E-state index is 0.00669. The summed E-state index contributed by atoms with van der Waals surface area (Å²) in [7, 11) is 0. The smallest absolute Gasteiger partial charge is 0.246 e. The lowest BCUT2D eigenvalue weighted by molar-refractivity contribution is -0.128. The third-order valence-corrected chi connectivity index (χ3v) is 4.89. The lowest BCUT2D eigenvalue weighted by atomic mass is 9.77. The van der Waals surface area contributed by atoms with Crippen molar-refractivity contribution in [3.8, 4) is 5.75 Å². The standard InChI is InChI=1S/C20H29NO3/c1-4-20(15-22)11-13-21(14-12-20)19(23)10-7-17-5-8-18(9-6-17)24-16(2)3/h5-10,16,22H,4,11-15H2,1-3H3/b10-7+. The molecule has 0 radical (unpaired) electrons. The summed E-state index contributed by atoms with van der Waals surface area (Å²) in [5.41, 5.74) is 0.988. The van der Waals surface area contributed by atoms with Gasteiger partial charge in [-0.05, 0) is 62.3 Å². The highest BCUT2D eigenvalue weighted by molar-refractivity contribution is 5.91. The maximum atomic E-state index is 12.3. The normalized spacial score (nSPS) is 17.5. The number of carbonyl (C=O) groups is 1. The van der Waals surface area contributed by atoms with Gasteiger partial charge < -0.3 is 14.7 Å². The SMILES string of the molecule is CCC1(CO)CCN(C(=O)/C=C/c2ccc(OC(C)C)cc2)CC1. The van der Waals surface area contributed by atoms with E-state index in [1.165, 1.54) is 0 Å². The summed E-state index contributed by atoms with van der Waals surface area (Å²) in [5, 5.41) is 9.57. The molecule has 132 valence electrons. The highest BCUT2D eigenvalue weighted by atomic mass is 16.5. The average molecular weight is 331 g/mol. The van der Waals surface area contributed by atoms with Crippen LogP contribution in [0.1, 0.15) is 45.6 Å². The number of benzene rings is 1. The number of aliphatic hydroxyl groups is 1. The predicted octanol–water partition coefficient (Wildman–Crippen LogP) is 3.50. The first-order valence-corrected chi connectivity index (χ1v) is 8.82. The van der Waals surface area contributed by atoms with E-state index in [0.29, 0.717) is 0 Å². The Bertz CT molecular complexity index is 549. The van der Waals surface area contributed by atoms with Crippen LogP contribution in [0.25, 0.3) is 6.08 Å². The fraction of sp³-hybridized carbons (Fsp3) is 0.550. The average Bonchev–Trinajstić information content (AvgIpc) is 2.60. The van der Waals surface area contributed by atoms with E-state index in [2.05, 4.69) is 6.92 Å². The minimum Gasteiger partial charge on any atom is -0.491 e. The Morgan fingerprint density at radius 3 is 2.42 bits per heavy atom. The van der Waals surface area contributed by atoms with Gasteiger partial charge in [0.25, 0.3) is 0 Å². The number of nitrogens with zero attached hydrogens (tertiary/aromatic N) is 1. The van der Waals surface area contributed by atoms with E-state index in [1.807, 2.05) is 49.1 Å². The third kappa shape index (κ3) is 4.84. The second-order valence-corrected chi connectivity index (χ2v) is 6.91. The van der Waals surface area contributed by atoms with Gasteiger partial charge >= 0.3 is 0 Å². The maximum Gasteiger partial charge on any atom is 0.246 e. The molecule has 1 aromatic carbocycles. The number of rotatable bonds is 6. The zero-order valence-corrected chi connectivity index (χ0v) is 15.0. The van der Waals surface area contributed by atoms with Crippen molar-refractivity contribution in [3.63, 3.8) is 0 Å². The van der Waals surface area contributed by atoms with Gasteiger partial charge in [0.15, 0.2) is 0 Å². The van der Waals surface area contributed by atoms with Crippen LogP contribution in [-0.2, 0) is 4.79 Å². The molecule has 1 fully saturated rings. The highest BCUT2D eigenvalue weighted by Gasteiger charge is 2.33. The highest BCUT2D eigenvalue weighted by Crippen LogP contribution is 2.34. The van der Waals surface area contributed by atoms with Crippen LogP contribution >= 0.6 is 0 Å². The van der Waals surface area contributed by atoms with Crippen molar-refractivity contribution in [2.75, 3.05) is 19.7 Å². The number of likely N-dealkylation sites (tertiary alicyclic amines) is 1. The van der Waals surface area contributed by atoms with Gasteiger partial charge in [-0.15, -0.1) is 0 Å². The number of ether oxygens (including phenoxy) is 1. The van der Waals surface area contributed by atoms with E-state index in [1.54, 1.807) is 6.08 Å². The van der Waals surface area contributed by atoms with Gasteiger partial charge in [0.1, 0.15) is 5.75 Å². The fourth-order valence-electron chi connectivity index (χ4n) is 3.03. The van der Waals surface area contributed by atoms with E-state index >= 15 is 0 Å². The molecule has 1 saturated heterocycles. The Morgan fingerprint density at radius 2 is 1.92 bits per heavy atom. The summed E-state index contributed by atoms with van der Waals surface area (Å²) in [5.74, 6) is 0.879. The van der Waals surface area contributed by atoms with Crippen molar-refractivity contribution >= 4 is 12.0 Å². The second kappa shape index (κ2) is 8.34. The molecule has 0 unspecified atom stereocenters. The largest absolute Gasteiger partial charge is 0.491 e. The first-order valence-electron chi connectivity index (χ1n) is 8.82. The molecular formula is C20H29NO3. The molecule has 1 heterocycles. The third-order valence-electron chi connectivity index (χ3n) is 4.89. The lowest BCUT2D eigenvalue weighted by Gasteiger charge is -2.39. The Morgan fingerprint density at radius 1 is 1.29 bits per heavy atom. The number of carbonyl (C=O) groups excluding carboxylic acids is 1. The molecule has 4 heteroatoms. The molecule has 2 rings (SSSR count). The topological polar surface area (TPSA) is 49.8 Å². The summed E-state index contributed by atoms with van der Waals surface area (Å²) in [6, 6.07) is 7.74. The summed E-state index contributed by atoms with van der Waals surface area (Å²) < 4.78 is 5.61. The number of hydrogen-bond donors (Lipinski definition) is 1. The van der Waals surface area contributed by atoms with Crippen LogP contribution in [0.3, 0.4) is 0 Å². The summed E-state index contributed by atoms with van der Waals surface area (Å²) >= 11 is 0. The first kappa shape index (κ1) is 18.5. The van der Waals surface area contributed by atoms with Gasteiger partial charge in [-0.3, -0.25) is 4.79 Å². The van der Waals surface area contributed by atoms with Crippen LogP contribution in [0.15, 0.2) is 30.3 Å². The molecule has 0 aliphatic carbocycles. The van der Waals surface area contributed by atoms with Gasteiger partial charge in [-0.2, -0.15) is 0 Å². The van der Waals surface area contributed by atoms with Crippen molar-refractivity contribution in [3.05, 3.63) is 35.9 Å². The van der Waals surface area contributed by atoms with Crippen LogP contribution in [0.5, 0.6) is 5.75 Å². The molecule has 0 aromatic heterocycles. The molecule has 1 aliphatic heterocycles. The molecule has 0 saturated carbocycles. The van der Waals surface area contributed by atoms with E-state index < -0.39 is 0 Å². The Balaban J connectivity index is 1.89. The molecule has 1 N–H and O–H groups in total. The van der Waals surface area contributed by atoms with Crippen LogP contribution in [0.2, 0.25) is 0 Å². The fourth-order valence-corrected chi connectivity index (χ4v) is 3.03. The van der Waals surface area contributed by atoms with Gasteiger partial charge in [0.2, 0.25) is 5.91 Å². The molecular weight excluding hydrogens is 302 g/mol. The predicted molar refractivity (Wildman–Crippen MR) is 96.9 cm³/mol. The molecule has 1 amide bonds. The summed E-state index contributed by atoms with van der Waals surface area (Å²) in [6.07, 6.45) is 6.35. The van der Waals surface area contributed by atoms with Crippen molar-refractivity contribution in [1.29, 1.82) is 0 Å². The number of aliphatic hydroxyl groups excluding tert-OH is 1. The number of piperidine rings is 1. The zero-order valence-electron chi connectivity index (χ0n) is 15.0. The molecule has 1 aliphatic rings. The van der Waals surface area contributed by atoms with E-state index in [4.69, 9.17) is 4.74 Å². The van der Waals surface area contributed by atoms with Gasteiger partial charge in [0, 0.05) is 25.8 Å². The first-order chi connectivity index (χ1) is 11.5. The number of hydrogen-bond acceptors (Lipinski definition) is 3. The summed E-state index contributed by atoms with van der Waals surface area (Å²) in [4.78, 5) is 14.2. The number of amides is 1. The van der Waals surface area contributed by atoms with Gasteiger partial charge in [-0.25, -0.2) is 0 Å². The van der Waals surface area contributed by atoms with Crippen molar-refractivity contribution in [2.45, 2.75) is 46.1 Å². The van der Waals surface area contributed by atoms with Gasteiger partial charge in [-0.1, -0.05) is 19.1 Å². The van der Waals surface area contributed by atoms with Crippen molar-refractivity contribution in [2.24, 2.45) is 5.41 Å². The quantitative estimate of drug-likeness (QED) is 0.812. The van der Waals surface area contributed by atoms with Crippen LogP contribution in [-0.4, -0.2) is 41.7 Å². The van der Waals surface area contributed by atoms with Crippen molar-refractivity contribution in [1.82, 2.24) is 4.90 Å². The monoisotopic (exact) mass is 331 g/mol. The molecule has 24 heavy (non-hydrogen) atoms. The molecule has 1 aromatic rings. The van der Waals surface area contributed by atoms with Gasteiger partial charge in [0.05, 0.1) is 6.10 Å². The van der Waals surface area contributed by atoms with Crippen LogP contribution in [0.4, 0.5) is 0 Å². The lowest BCUT2D eigenvalue weighted by Crippen LogP contribution is -2.43. The molecule has 0 atom stereocenters. The Hall–Kier alpha value is -1.81. The molecule has 4 nitrogen and oxygen atoms in total. The Labute approximate surface area is 145 Å². The van der Waals surface area contributed by atoms with E-state index in [9.17, 15) is 9.90 Å². The van der Waals surface area contributed by atoms with E-state index in [0.717, 1.165) is 43.7 Å². The maximum absolute atomic E-state index is 12.3.